The van der Waals surface area contributed by atoms with E-state index in [1.54, 1.807) is 4.57 Å². The van der Waals surface area contributed by atoms with Crippen molar-refractivity contribution in [3.63, 3.8) is 0 Å². The fraction of sp³-hybridized carbons (Fsp3) is 0.366. The first kappa shape index (κ1) is 46.9. The molecule has 1 aliphatic carbocycles. The lowest BCUT2D eigenvalue weighted by atomic mass is 10.2. The fourth-order valence-electron chi connectivity index (χ4n) is 6.90. The number of esters is 3. The summed E-state index contributed by atoms with van der Waals surface area (Å²) in [7, 11) is -3.38. The lowest BCUT2D eigenvalue weighted by Gasteiger charge is -2.28. The summed E-state index contributed by atoms with van der Waals surface area (Å²) in [5, 5.41) is 11.6. The van der Waals surface area contributed by atoms with Crippen molar-refractivity contribution in [1.29, 1.82) is 0 Å². The van der Waals surface area contributed by atoms with Gasteiger partial charge in [-0.25, -0.2) is 28.5 Å². The summed E-state index contributed by atoms with van der Waals surface area (Å²) in [6, 6.07) is 17.0. The number of benzene rings is 3. The van der Waals surface area contributed by atoms with Crippen molar-refractivity contribution in [3.05, 3.63) is 101 Å². The lowest BCUT2D eigenvalue weighted by molar-refractivity contribution is -0.0425. The van der Waals surface area contributed by atoms with Crippen molar-refractivity contribution in [2.75, 3.05) is 52.9 Å². The molecule has 0 aliphatic heterocycles. The number of carbonyl (C=O) groups excluding carboxylic acids is 3. The normalized spacial score (nSPS) is 14.9. The minimum atomic E-state index is -5.00. The second kappa shape index (κ2) is 20.8. The molecule has 5 aromatic rings. The quantitative estimate of drug-likeness (QED) is 0.0352. The van der Waals surface area contributed by atoms with Gasteiger partial charge >= 0.3 is 33.1 Å². The molecule has 1 aliphatic rings. The monoisotopic (exact) mass is 929 g/mol. The highest BCUT2D eigenvalue weighted by atomic mass is 35.5. The Morgan fingerprint density at radius 3 is 1.73 bits per heavy atom. The molecule has 2 heterocycles. The van der Waals surface area contributed by atoms with Gasteiger partial charge in [0.1, 0.15) is 46.1 Å². The van der Waals surface area contributed by atoms with Crippen LogP contribution < -0.4 is 18.5 Å². The van der Waals surface area contributed by atoms with Crippen LogP contribution in [-0.2, 0) is 39.1 Å². The number of para-hydroxylation sites is 3. The Kier molecular flexibility index (Phi) is 15.5. The SMILES string of the molecule is COC(=O)c1ccccc1OP(=O)(CP(=O)(Oc1ccccc1C(=O)OC)Oc1ccccc1C(=O)OC)OC[C@@H](OC)[C@@H](O)Cn1cnc2c(N(C)C3CCCC3)nc(Cl)nc21. The van der Waals surface area contributed by atoms with E-state index in [0.29, 0.717) is 17.0 Å². The molecule has 2 aromatic heterocycles. The van der Waals surface area contributed by atoms with E-state index in [4.69, 9.17) is 48.6 Å². The number of fused-ring (bicyclic) bond motifs is 1. The number of imidazole rings is 1. The number of rotatable bonds is 20. The number of hydrogen-bond donors (Lipinski definition) is 1. The average Bonchev–Trinajstić information content (AvgIpc) is 3.97. The van der Waals surface area contributed by atoms with Crippen LogP contribution in [0.2, 0.25) is 5.28 Å². The van der Waals surface area contributed by atoms with E-state index in [1.807, 2.05) is 11.9 Å². The van der Waals surface area contributed by atoms with Crippen molar-refractivity contribution in [3.8, 4) is 17.2 Å². The second-order valence-corrected chi connectivity index (χ2v) is 18.9. The summed E-state index contributed by atoms with van der Waals surface area (Å²) >= 11 is 6.39. The molecule has 1 N–H and O–H groups in total. The highest BCUT2D eigenvalue weighted by Gasteiger charge is 2.45. The number of carbonyl (C=O) groups is 3. The third kappa shape index (κ3) is 11.2. The van der Waals surface area contributed by atoms with Crippen LogP contribution in [0.25, 0.3) is 11.2 Å². The van der Waals surface area contributed by atoms with Gasteiger partial charge in [0, 0.05) is 20.2 Å². The zero-order valence-electron chi connectivity index (χ0n) is 35.0. The molecule has 0 radical (unpaired) electrons. The van der Waals surface area contributed by atoms with Crippen LogP contribution in [0, 0.1) is 0 Å². The van der Waals surface area contributed by atoms with E-state index in [1.165, 1.54) is 86.2 Å². The van der Waals surface area contributed by atoms with Gasteiger partial charge in [-0.1, -0.05) is 49.2 Å². The van der Waals surface area contributed by atoms with Gasteiger partial charge in [0.2, 0.25) is 5.28 Å². The van der Waals surface area contributed by atoms with E-state index in [9.17, 15) is 19.5 Å². The van der Waals surface area contributed by atoms with E-state index in [2.05, 4.69) is 15.0 Å². The molecule has 1 fully saturated rings. The molecule has 0 amide bonds. The van der Waals surface area contributed by atoms with E-state index >= 15 is 9.13 Å². The smallest absolute Gasteiger partial charge is 0.444 e. The zero-order valence-corrected chi connectivity index (χ0v) is 37.5. The first-order chi connectivity index (χ1) is 30.2. The average molecular weight is 930 g/mol. The molecule has 6 rings (SSSR count). The van der Waals surface area contributed by atoms with Gasteiger partial charge < -0.3 is 47.1 Å². The molecular formula is C41H46ClN5O14P2. The minimum absolute atomic E-state index is 0.0205. The van der Waals surface area contributed by atoms with Gasteiger partial charge in [-0.3, -0.25) is 4.52 Å². The Bertz CT molecular complexity index is 2470. The van der Waals surface area contributed by atoms with Crippen LogP contribution in [0.1, 0.15) is 56.8 Å². The number of aromatic nitrogens is 4. The van der Waals surface area contributed by atoms with Gasteiger partial charge in [0.25, 0.3) is 0 Å². The number of aliphatic hydroxyl groups excluding tert-OH is 1. The van der Waals surface area contributed by atoms with Crippen LogP contribution in [0.3, 0.4) is 0 Å². The molecule has 1 saturated carbocycles. The maximum absolute atomic E-state index is 15.3. The zero-order chi connectivity index (χ0) is 45.3. The first-order valence-corrected chi connectivity index (χ1v) is 23.3. The Morgan fingerprint density at radius 2 is 1.25 bits per heavy atom. The van der Waals surface area contributed by atoms with Gasteiger partial charge in [0.05, 0.1) is 40.8 Å². The number of ether oxygens (including phenoxy) is 4. The molecule has 63 heavy (non-hydrogen) atoms. The van der Waals surface area contributed by atoms with Crippen LogP contribution in [0.15, 0.2) is 79.1 Å². The van der Waals surface area contributed by atoms with Crippen molar-refractivity contribution >= 4 is 61.7 Å². The molecule has 22 heteroatoms. The Morgan fingerprint density at radius 1 is 0.778 bits per heavy atom. The minimum Gasteiger partial charge on any atom is -0.465 e. The number of hydrogen-bond acceptors (Lipinski definition) is 18. The van der Waals surface area contributed by atoms with Crippen LogP contribution in [0.5, 0.6) is 17.2 Å². The molecule has 0 spiro atoms. The van der Waals surface area contributed by atoms with E-state index in [-0.39, 0.29) is 51.8 Å². The summed E-state index contributed by atoms with van der Waals surface area (Å²) < 4.78 is 76.3. The van der Waals surface area contributed by atoms with E-state index < -0.39 is 57.8 Å². The summed E-state index contributed by atoms with van der Waals surface area (Å²) in [6.45, 7) is -0.848. The molecule has 336 valence electrons. The third-order valence-corrected chi connectivity index (χ3v) is 15.0. The standard InChI is InChI=1S/C41H46ClN5O14P2/c1-46(26-14-6-7-15-26)36-35-37(45-41(42)44-36)47(24-43-35)22-30(48)34(54-2)23-58-62(52,59-31-19-11-8-16-27(31)38(49)55-3)25-63(53,60-32-20-12-9-17-28(32)39(50)56-4)61-33-21-13-10-18-29(33)40(51)57-5/h8-13,16-21,24,26,30,34,48H,6-7,14-15,22-23,25H2,1-5H3/t30-,34+,62?/m0/s1. The van der Waals surface area contributed by atoms with Gasteiger partial charge in [-0.2, -0.15) is 9.97 Å². The summed E-state index contributed by atoms with van der Waals surface area (Å²) in [5.41, 5.74) is 0.258. The lowest BCUT2D eigenvalue weighted by Crippen LogP contribution is -2.36. The molecule has 0 saturated heterocycles. The predicted molar refractivity (Wildman–Crippen MR) is 229 cm³/mol. The summed E-state index contributed by atoms with van der Waals surface area (Å²) in [6.07, 6.45) is 2.99. The topological polar surface area (TPSA) is 226 Å². The third-order valence-electron chi connectivity index (χ3n) is 10.1. The molecule has 0 bridgehead atoms. The maximum atomic E-state index is 15.3. The molecule has 3 aromatic carbocycles. The van der Waals surface area contributed by atoms with E-state index in [0.717, 1.165) is 47.0 Å². The maximum Gasteiger partial charge on any atom is 0.444 e. The van der Waals surface area contributed by atoms with Gasteiger partial charge in [-0.15, -0.1) is 0 Å². The molecule has 19 nitrogen and oxygen atoms in total. The van der Waals surface area contributed by atoms with Crippen LogP contribution >= 0.6 is 26.8 Å². The molecular weight excluding hydrogens is 884 g/mol. The Balaban J connectivity index is 1.36. The largest absolute Gasteiger partial charge is 0.465 e. The number of nitrogens with zero attached hydrogens (tertiary/aromatic N) is 5. The number of aliphatic hydroxyl groups is 1. The highest BCUT2D eigenvalue weighted by molar-refractivity contribution is 7.72. The Hall–Kier alpha value is -5.55. The highest BCUT2D eigenvalue weighted by Crippen LogP contribution is 2.64. The van der Waals surface area contributed by atoms with Crippen molar-refractivity contribution in [2.45, 2.75) is 50.5 Å². The van der Waals surface area contributed by atoms with Gasteiger partial charge in [0.15, 0.2) is 22.9 Å². The number of halogens is 1. The van der Waals surface area contributed by atoms with Crippen molar-refractivity contribution in [2.24, 2.45) is 0 Å². The van der Waals surface area contributed by atoms with Crippen molar-refractivity contribution in [1.82, 2.24) is 19.5 Å². The fourth-order valence-corrected chi connectivity index (χ4v) is 11.6. The second-order valence-electron chi connectivity index (χ2n) is 14.2. The number of anilines is 1. The predicted octanol–water partition coefficient (Wildman–Crippen LogP) is 7.19. The van der Waals surface area contributed by atoms with Crippen molar-refractivity contribution < 1.29 is 65.7 Å². The van der Waals surface area contributed by atoms with Crippen LogP contribution in [-0.4, -0.2) is 109 Å². The van der Waals surface area contributed by atoms with Crippen LogP contribution in [0.4, 0.5) is 5.82 Å². The number of methoxy groups -OCH3 is 4. The van der Waals surface area contributed by atoms with Gasteiger partial charge in [-0.05, 0) is 60.8 Å². The first-order valence-electron chi connectivity index (χ1n) is 19.5. The summed E-state index contributed by atoms with van der Waals surface area (Å²) in [4.78, 5) is 53.8. The molecule has 1 unspecified atom stereocenters. The Labute approximate surface area is 367 Å². The summed E-state index contributed by atoms with van der Waals surface area (Å²) in [5.74, 6) is -4.23. The molecule has 3 atom stereocenters.